The van der Waals surface area contributed by atoms with Crippen molar-refractivity contribution in [2.24, 2.45) is 0 Å². The molecule has 0 aromatic heterocycles. The maximum atomic E-state index is 12.4. The van der Waals surface area contributed by atoms with Crippen molar-refractivity contribution in [3.8, 4) is 5.75 Å². The van der Waals surface area contributed by atoms with E-state index in [1.807, 2.05) is 60.7 Å². The number of ether oxygens (including phenoxy) is 2. The highest BCUT2D eigenvalue weighted by atomic mass is 32.2. The van der Waals surface area contributed by atoms with E-state index < -0.39 is 10.9 Å². The number of hydrogen-bond donors (Lipinski definition) is 1. The Labute approximate surface area is 208 Å². The van der Waals surface area contributed by atoms with Crippen LogP contribution in [0.2, 0.25) is 0 Å². The van der Waals surface area contributed by atoms with Crippen LogP contribution in [0, 0.1) is 0 Å². The molecule has 0 atom stereocenters. The Kier molecular flexibility index (Phi) is 7.11. The van der Waals surface area contributed by atoms with Crippen molar-refractivity contribution in [2.75, 3.05) is 13.2 Å². The zero-order valence-corrected chi connectivity index (χ0v) is 20.1. The van der Waals surface area contributed by atoms with Crippen molar-refractivity contribution >= 4 is 27.6 Å². The van der Waals surface area contributed by atoms with Crippen molar-refractivity contribution in [2.45, 2.75) is 14.7 Å². The molecule has 0 spiro atoms. The zero-order valence-electron chi connectivity index (χ0n) is 19.2. The molecule has 35 heavy (non-hydrogen) atoms. The molecule has 3 nitrogen and oxygen atoms in total. The van der Waals surface area contributed by atoms with E-state index in [2.05, 4.69) is 60.7 Å². The molecule has 0 bridgehead atoms. The van der Waals surface area contributed by atoms with E-state index in [-0.39, 0.29) is 12.6 Å². The number of rotatable bonds is 8. The third-order valence-corrected chi connectivity index (χ3v) is 8.14. The number of carbonyl (C=O) groups is 1. The molecule has 0 fully saturated rings. The Balaban J connectivity index is 1.20. The Morgan fingerprint density at radius 3 is 1.80 bits per heavy atom. The van der Waals surface area contributed by atoms with Crippen molar-refractivity contribution < 1.29 is 14.3 Å². The van der Waals surface area contributed by atoms with Crippen LogP contribution < -0.4 is 4.74 Å². The summed E-state index contributed by atoms with van der Waals surface area (Å²) in [6.07, 6.45) is 0. The molecule has 174 valence electrons. The van der Waals surface area contributed by atoms with Gasteiger partial charge in [-0.15, -0.1) is 0 Å². The average Bonchev–Trinajstić information content (AvgIpc) is 2.93. The maximum Gasteiger partial charge on any atom is 0.338 e. The van der Waals surface area contributed by atoms with Gasteiger partial charge in [-0.2, -0.15) is 10.9 Å². The molecule has 0 aliphatic rings. The highest BCUT2D eigenvalue weighted by Gasteiger charge is 2.13. The fourth-order valence-corrected chi connectivity index (χ4v) is 6.27. The molecule has 0 N–H and O–H groups in total. The van der Waals surface area contributed by atoms with Crippen molar-refractivity contribution in [3.63, 3.8) is 0 Å². The Bertz CT molecular complexity index is 1360. The standard InChI is InChI=1S/C31H26O3S/c32-31(26-16-15-24-9-7-8-10-25(24)23-26)34-22-21-33-27-17-19-30(20-18-27)35(28-11-3-1-4-12-28)29-13-5-2-6-14-29/h1-20,23,35H,21-22H2. The second-order valence-corrected chi connectivity index (χ2v) is 10.3. The molecule has 5 aromatic rings. The van der Waals surface area contributed by atoms with E-state index in [0.29, 0.717) is 12.2 Å². The zero-order chi connectivity index (χ0) is 23.9. The predicted octanol–water partition coefficient (Wildman–Crippen LogP) is 7.55. The lowest BCUT2D eigenvalue weighted by molar-refractivity contribution is 0.0450. The van der Waals surface area contributed by atoms with E-state index in [1.165, 1.54) is 14.7 Å². The summed E-state index contributed by atoms with van der Waals surface area (Å²) in [6.45, 7) is 0.485. The van der Waals surface area contributed by atoms with Gasteiger partial charge >= 0.3 is 5.97 Å². The summed E-state index contributed by atoms with van der Waals surface area (Å²) in [4.78, 5) is 16.3. The van der Waals surface area contributed by atoms with E-state index in [4.69, 9.17) is 9.47 Å². The molecule has 0 aliphatic heterocycles. The molecule has 4 heteroatoms. The molecule has 0 amide bonds. The molecule has 0 heterocycles. The Morgan fingerprint density at radius 1 is 0.571 bits per heavy atom. The molecule has 0 saturated carbocycles. The van der Waals surface area contributed by atoms with E-state index >= 15 is 0 Å². The topological polar surface area (TPSA) is 35.5 Å². The smallest absolute Gasteiger partial charge is 0.338 e. The number of carbonyl (C=O) groups excluding carboxylic acids is 1. The first-order valence-corrected chi connectivity index (χ1v) is 12.9. The Hall–Kier alpha value is -4.02. The van der Waals surface area contributed by atoms with Gasteiger partial charge < -0.3 is 9.47 Å². The van der Waals surface area contributed by atoms with Gasteiger partial charge in [-0.05, 0) is 86.1 Å². The summed E-state index contributed by atoms with van der Waals surface area (Å²) in [6, 6.07) is 43.0. The highest BCUT2D eigenvalue weighted by Crippen LogP contribution is 2.51. The minimum atomic E-state index is -0.647. The van der Waals surface area contributed by atoms with Gasteiger partial charge in [-0.3, -0.25) is 0 Å². The summed E-state index contributed by atoms with van der Waals surface area (Å²) < 4.78 is 11.3. The average molecular weight is 479 g/mol. The van der Waals surface area contributed by atoms with Gasteiger partial charge in [-0.1, -0.05) is 66.7 Å². The van der Waals surface area contributed by atoms with Crippen LogP contribution in [0.3, 0.4) is 0 Å². The molecule has 0 saturated heterocycles. The maximum absolute atomic E-state index is 12.4. The highest BCUT2D eigenvalue weighted by molar-refractivity contribution is 8.17. The van der Waals surface area contributed by atoms with Crippen molar-refractivity contribution in [1.82, 2.24) is 0 Å². The Morgan fingerprint density at radius 2 is 1.14 bits per heavy atom. The molecule has 0 aliphatic carbocycles. The van der Waals surface area contributed by atoms with Gasteiger partial charge in [0.05, 0.1) is 5.56 Å². The molecule has 0 unspecified atom stereocenters. The van der Waals surface area contributed by atoms with Crippen molar-refractivity contribution in [1.29, 1.82) is 0 Å². The lowest BCUT2D eigenvalue weighted by Gasteiger charge is -2.23. The van der Waals surface area contributed by atoms with Crippen LogP contribution in [0.15, 0.2) is 142 Å². The van der Waals surface area contributed by atoms with Crippen LogP contribution in [0.25, 0.3) is 10.8 Å². The second kappa shape index (κ2) is 10.9. The van der Waals surface area contributed by atoms with Crippen molar-refractivity contribution in [3.05, 3.63) is 133 Å². The quantitative estimate of drug-likeness (QED) is 0.142. The SMILES string of the molecule is O=C(OCCOc1ccc([SH](c2ccccc2)c2ccccc2)cc1)c1ccc2ccccc2c1. The number of benzene rings is 5. The molecule has 5 aromatic carbocycles. The van der Waals surface area contributed by atoms with Gasteiger partial charge in [0, 0.05) is 0 Å². The molecular weight excluding hydrogens is 452 g/mol. The van der Waals surface area contributed by atoms with Crippen LogP contribution in [-0.4, -0.2) is 19.2 Å². The first kappa shape index (κ1) is 22.8. The van der Waals surface area contributed by atoms with E-state index in [0.717, 1.165) is 16.5 Å². The number of fused-ring (bicyclic) bond motifs is 1. The third-order valence-electron chi connectivity index (χ3n) is 5.69. The van der Waals surface area contributed by atoms with Gasteiger partial charge in [0.15, 0.2) is 0 Å². The van der Waals surface area contributed by atoms with Crippen LogP contribution in [0.5, 0.6) is 5.75 Å². The summed E-state index contributed by atoms with van der Waals surface area (Å²) in [5.41, 5.74) is 0.545. The lowest BCUT2D eigenvalue weighted by atomic mass is 10.1. The monoisotopic (exact) mass is 478 g/mol. The van der Waals surface area contributed by atoms with Gasteiger partial charge in [0.25, 0.3) is 0 Å². The molecule has 0 radical (unpaired) electrons. The van der Waals surface area contributed by atoms with E-state index in [1.54, 1.807) is 6.07 Å². The summed E-state index contributed by atoms with van der Waals surface area (Å²) >= 11 is 0. The number of thiol groups is 1. The second-order valence-electron chi connectivity index (χ2n) is 8.05. The summed E-state index contributed by atoms with van der Waals surface area (Å²) in [5, 5.41) is 2.11. The largest absolute Gasteiger partial charge is 0.490 e. The molecular formula is C31H26O3S. The van der Waals surface area contributed by atoms with Crippen LogP contribution in [-0.2, 0) is 4.74 Å². The minimum Gasteiger partial charge on any atom is -0.490 e. The third kappa shape index (κ3) is 5.56. The molecule has 5 rings (SSSR count). The number of hydrogen-bond acceptors (Lipinski definition) is 3. The van der Waals surface area contributed by atoms with Gasteiger partial charge in [0.2, 0.25) is 0 Å². The number of esters is 1. The minimum absolute atomic E-state index is 0.189. The normalized spacial score (nSPS) is 11.1. The fourth-order valence-electron chi connectivity index (χ4n) is 3.99. The van der Waals surface area contributed by atoms with Crippen LogP contribution in [0.1, 0.15) is 10.4 Å². The van der Waals surface area contributed by atoms with Crippen LogP contribution >= 0.6 is 10.9 Å². The van der Waals surface area contributed by atoms with E-state index in [9.17, 15) is 4.79 Å². The summed E-state index contributed by atoms with van der Waals surface area (Å²) in [7, 11) is -0.647. The van der Waals surface area contributed by atoms with Gasteiger partial charge in [-0.25, -0.2) is 4.79 Å². The van der Waals surface area contributed by atoms with Crippen LogP contribution in [0.4, 0.5) is 0 Å². The van der Waals surface area contributed by atoms with Gasteiger partial charge in [0.1, 0.15) is 19.0 Å². The lowest BCUT2D eigenvalue weighted by Crippen LogP contribution is -2.12. The summed E-state index contributed by atoms with van der Waals surface area (Å²) in [5.74, 6) is 0.414. The predicted molar refractivity (Wildman–Crippen MR) is 143 cm³/mol. The first-order valence-electron chi connectivity index (χ1n) is 11.6. The fraction of sp³-hybridized carbons (Fsp3) is 0.0645. The first-order chi connectivity index (χ1) is 17.3.